The first-order valence-corrected chi connectivity index (χ1v) is 34.6. The summed E-state index contributed by atoms with van der Waals surface area (Å²) in [5.74, 6) is 0.841. The molecule has 522 valence electrons. The molecule has 0 saturated carbocycles. The summed E-state index contributed by atoms with van der Waals surface area (Å²) in [6.07, 6.45) is 8.94. The lowest BCUT2D eigenvalue weighted by Crippen LogP contribution is -2.58. The predicted octanol–water partition coefficient (Wildman–Crippen LogP) is 9.38. The molecule has 3 aromatic heterocycles. The molecule has 27 heteroatoms. The average molecular weight is 1380 g/mol. The monoisotopic (exact) mass is 1380 g/mol. The van der Waals surface area contributed by atoms with Gasteiger partial charge in [-0.25, -0.2) is 26.7 Å². The number of methoxy groups -OCH3 is 1. The van der Waals surface area contributed by atoms with Crippen molar-refractivity contribution in [3.05, 3.63) is 125 Å². The number of hydrogen-bond acceptors (Lipinski definition) is 20. The Kier molecular flexibility index (Phi) is 20.3. The van der Waals surface area contributed by atoms with E-state index in [9.17, 15) is 22.8 Å². The molecule has 8 aromatic rings. The van der Waals surface area contributed by atoms with E-state index >= 15 is 8.78 Å². The third-order valence-electron chi connectivity index (χ3n) is 18.7. The molecule has 7 heterocycles. The molecule has 2 amide bonds. The molecule has 24 nitrogen and oxygen atoms in total. The number of para-hydroxylation sites is 1. The van der Waals surface area contributed by atoms with Crippen molar-refractivity contribution in [2.45, 2.75) is 120 Å². The molecule has 99 heavy (non-hydrogen) atoms. The van der Waals surface area contributed by atoms with E-state index < -0.39 is 56.9 Å². The average Bonchev–Trinajstić information content (AvgIpc) is 0.842. The van der Waals surface area contributed by atoms with Gasteiger partial charge in [0, 0.05) is 63.4 Å². The molecule has 0 radical (unpaired) electrons. The highest BCUT2D eigenvalue weighted by molar-refractivity contribution is 7.89. The van der Waals surface area contributed by atoms with Crippen LogP contribution in [-0.2, 0) is 52.2 Å². The van der Waals surface area contributed by atoms with Gasteiger partial charge < -0.3 is 48.1 Å². The van der Waals surface area contributed by atoms with Crippen molar-refractivity contribution in [1.29, 1.82) is 0 Å². The number of nitrogens with zero attached hydrogens (tertiary/aromatic N) is 10. The Labute approximate surface area is 573 Å². The number of esters is 1. The smallest absolute Gasteiger partial charge is 0.410 e. The van der Waals surface area contributed by atoms with Crippen LogP contribution in [0.4, 0.5) is 19.4 Å². The highest BCUT2D eigenvalue weighted by Gasteiger charge is 2.48. The Hall–Kier alpha value is -9.33. The number of aryl methyl sites for hydroxylation is 2. The first-order valence-electron chi connectivity index (χ1n) is 33.1. The number of sulfonamides is 1. The first kappa shape index (κ1) is 69.6. The van der Waals surface area contributed by atoms with Gasteiger partial charge in [-0.2, -0.15) is 14.3 Å². The lowest BCUT2D eigenvalue weighted by molar-refractivity contribution is -0.143. The summed E-state index contributed by atoms with van der Waals surface area (Å²) in [7, 11) is 1.09. The minimum absolute atomic E-state index is 0.0454. The zero-order chi connectivity index (χ0) is 70.1. The van der Waals surface area contributed by atoms with Gasteiger partial charge in [0.1, 0.15) is 86.5 Å². The number of benzene rings is 5. The van der Waals surface area contributed by atoms with Crippen LogP contribution in [0.3, 0.4) is 0 Å². The van der Waals surface area contributed by atoms with E-state index in [-0.39, 0.29) is 134 Å². The molecular formula is C72H81F2N11O13S. The van der Waals surface area contributed by atoms with Crippen molar-refractivity contribution in [2.24, 2.45) is 7.05 Å². The summed E-state index contributed by atoms with van der Waals surface area (Å²) in [5.41, 5.74) is 1.89. The number of terminal acetylenes is 1. The van der Waals surface area contributed by atoms with Gasteiger partial charge in [0.05, 0.1) is 55.8 Å². The standard InChI is InChI=1S/C72H81F2N11O13S/c1-11-52-56(73)23-20-46-31-51(96-42-91-10)34-54(62(46)52)64-63(74)65-55(36-76-64)67(83-39-49-21-22-50(40-83)85(49)70(88)98-71(5,6)7)78-69(77-65)95-41-72(24-15-26-81(72)8)68(87)75-25-27-92-28-29-94-59-33-47(32-57-66(59)82(9)80-79-57)53(35-61(86)93-12-2)45-19-18-43(3)48(30-45)38-84-37-44(4)97-58-16-13-14-17-60(58)99(84,89)90/h1,13-14,16-20,23,30-34,36,44,49-50,53H,12,15,21-22,24-29,35,37-42H2,2-10H3,(H,75,87)/t44-,49-,50+,53?,72-/m1/s1. The minimum Gasteiger partial charge on any atom is -0.489 e. The molecule has 4 aliphatic heterocycles. The van der Waals surface area contributed by atoms with E-state index in [1.807, 2.05) is 81.8 Å². The number of halogens is 2. The van der Waals surface area contributed by atoms with Crippen LogP contribution in [0.1, 0.15) is 100 Å². The molecule has 5 atom stereocenters. The Morgan fingerprint density at radius 1 is 0.929 bits per heavy atom. The topological polar surface area (TPSA) is 254 Å². The van der Waals surface area contributed by atoms with E-state index in [1.54, 1.807) is 53.9 Å². The zero-order valence-corrected chi connectivity index (χ0v) is 57.8. The lowest BCUT2D eigenvalue weighted by atomic mass is 9.86. The van der Waals surface area contributed by atoms with Crippen LogP contribution in [0.15, 0.2) is 90.0 Å². The van der Waals surface area contributed by atoms with Gasteiger partial charge in [-0.15, -0.1) is 11.5 Å². The van der Waals surface area contributed by atoms with Crippen molar-refractivity contribution in [1.82, 2.24) is 49.4 Å². The number of carbonyl (C=O) groups excluding carboxylic acids is 3. The van der Waals surface area contributed by atoms with Crippen molar-refractivity contribution < 1.29 is 69.5 Å². The SMILES string of the molecule is C#Cc1c(F)ccc2cc(OCOC)cc(-c3ncc4c(N5C[C@H]6CC[C@@H](C5)N6C(=O)OC(C)(C)C)nc(OC[C@@]5(C(=O)NCCOCCOc6cc(C(CC(=O)OCC)c7ccc(C)c(CN8C[C@@H](C)Oc9ccccc9S8(=O)=O)c7)cc7nnn(C)c67)CCCN5C)nc4c3F)c12. The van der Waals surface area contributed by atoms with Crippen LogP contribution in [0, 0.1) is 30.9 Å². The van der Waals surface area contributed by atoms with Gasteiger partial charge in [-0.1, -0.05) is 47.5 Å². The Balaban J connectivity index is 0.756. The fourth-order valence-corrected chi connectivity index (χ4v) is 15.5. The maximum absolute atomic E-state index is 17.9. The van der Waals surface area contributed by atoms with Crippen LogP contribution in [0.5, 0.6) is 23.3 Å². The van der Waals surface area contributed by atoms with Gasteiger partial charge in [0.15, 0.2) is 12.6 Å². The van der Waals surface area contributed by atoms with Gasteiger partial charge in [-0.3, -0.25) is 24.4 Å². The number of piperazine rings is 1. The molecule has 1 unspecified atom stereocenters. The number of likely N-dealkylation sites (tertiary alicyclic amines) is 1. The zero-order valence-electron chi connectivity index (χ0n) is 56.9. The van der Waals surface area contributed by atoms with E-state index in [0.717, 1.165) is 16.7 Å². The number of amides is 2. The fourth-order valence-electron chi connectivity index (χ4n) is 13.9. The number of hydrogen-bond donors (Lipinski definition) is 1. The minimum atomic E-state index is -3.95. The second kappa shape index (κ2) is 28.9. The fraction of sp³-hybridized carbons (Fsp3) is 0.444. The van der Waals surface area contributed by atoms with E-state index in [0.29, 0.717) is 84.6 Å². The number of pyridine rings is 1. The van der Waals surface area contributed by atoms with Crippen LogP contribution in [0.25, 0.3) is 44.0 Å². The molecule has 12 rings (SSSR count). The van der Waals surface area contributed by atoms with Crippen molar-refractivity contribution in [3.63, 3.8) is 0 Å². The number of carbonyl (C=O) groups is 3. The number of nitrogens with one attached hydrogen (secondary N) is 1. The molecule has 1 N–H and O–H groups in total. The van der Waals surface area contributed by atoms with Crippen LogP contribution in [0.2, 0.25) is 0 Å². The summed E-state index contributed by atoms with van der Waals surface area (Å²) < 4.78 is 112. The van der Waals surface area contributed by atoms with Crippen molar-refractivity contribution in [3.8, 4) is 46.9 Å². The third-order valence-corrected chi connectivity index (χ3v) is 20.5. The van der Waals surface area contributed by atoms with E-state index in [4.69, 9.17) is 54.3 Å². The van der Waals surface area contributed by atoms with Crippen molar-refractivity contribution >= 4 is 66.5 Å². The van der Waals surface area contributed by atoms with Gasteiger partial charge in [0.25, 0.3) is 0 Å². The maximum Gasteiger partial charge on any atom is 0.410 e. The molecule has 5 aromatic carbocycles. The largest absolute Gasteiger partial charge is 0.489 e. The highest BCUT2D eigenvalue weighted by Crippen LogP contribution is 2.43. The molecule has 0 aliphatic carbocycles. The maximum atomic E-state index is 17.9. The Bertz CT molecular complexity index is 4550. The third kappa shape index (κ3) is 14.3. The molecule has 3 saturated heterocycles. The van der Waals surface area contributed by atoms with Crippen LogP contribution < -0.4 is 29.2 Å². The Morgan fingerprint density at radius 3 is 2.45 bits per heavy atom. The number of likely N-dealkylation sites (N-methyl/N-ethyl adjacent to an activating group) is 1. The number of aromatic nitrogens is 6. The number of rotatable bonds is 23. The summed E-state index contributed by atoms with van der Waals surface area (Å²) >= 11 is 0. The van der Waals surface area contributed by atoms with Crippen LogP contribution in [-0.4, -0.2) is 186 Å². The van der Waals surface area contributed by atoms with Gasteiger partial charge >= 0.3 is 18.1 Å². The molecule has 3 fully saturated rings. The molecular weight excluding hydrogens is 1300 g/mol. The second-order valence-electron chi connectivity index (χ2n) is 26.5. The second-order valence-corrected chi connectivity index (χ2v) is 28.4. The molecule has 2 bridgehead atoms. The first-order chi connectivity index (χ1) is 47.5. The Morgan fingerprint density at radius 2 is 1.72 bits per heavy atom. The summed E-state index contributed by atoms with van der Waals surface area (Å²) in [5, 5.41) is 12.7. The number of fused-ring (bicyclic) bond motifs is 6. The number of ether oxygens (including phenoxy) is 8. The number of anilines is 1. The molecule has 0 spiro atoms. The van der Waals surface area contributed by atoms with E-state index in [2.05, 4.69) is 26.5 Å². The summed E-state index contributed by atoms with van der Waals surface area (Å²) in [6.45, 7) is 12.6. The van der Waals surface area contributed by atoms with Gasteiger partial charge in [-0.05, 0) is 151 Å². The highest BCUT2D eigenvalue weighted by atomic mass is 32.2. The normalized spacial score (nSPS) is 19.5. The van der Waals surface area contributed by atoms with Gasteiger partial charge in [0.2, 0.25) is 15.9 Å². The predicted molar refractivity (Wildman–Crippen MR) is 364 cm³/mol. The lowest BCUT2D eigenvalue weighted by Gasteiger charge is -2.42. The van der Waals surface area contributed by atoms with E-state index in [1.165, 1.54) is 35.8 Å². The quantitative estimate of drug-likeness (QED) is 0.0271. The van der Waals surface area contributed by atoms with Crippen molar-refractivity contribution in [2.75, 3.05) is 91.6 Å². The summed E-state index contributed by atoms with van der Waals surface area (Å²) in [4.78, 5) is 61.8. The van der Waals surface area contributed by atoms with Crippen LogP contribution >= 0.6 is 0 Å². The summed E-state index contributed by atoms with van der Waals surface area (Å²) in [6, 6.07) is 21.3. The molecule has 4 aliphatic rings.